The molecule has 0 unspecified atom stereocenters. The minimum atomic E-state index is -2.61. The number of carbonyl (C=O) groups excluding carboxylic acids is 1. The Kier molecular flexibility index (Phi) is 10.5. The number of amides is 1. The topological polar surface area (TPSA) is 77.2 Å². The SMILES string of the molecule is Cc1ccccc1.Cc1ccccc1.NC(=O)C[SH](=O)=O. The largest absolute Gasteiger partial charge is 0.369 e. The first-order chi connectivity index (χ1) is 9.91. The third kappa shape index (κ3) is 14.1. The summed E-state index contributed by atoms with van der Waals surface area (Å²) < 4.78 is 19.1. The number of benzene rings is 2. The molecular weight excluding hydrogens is 286 g/mol. The lowest BCUT2D eigenvalue weighted by Gasteiger charge is -1.82. The van der Waals surface area contributed by atoms with E-state index in [2.05, 4.69) is 43.8 Å². The van der Waals surface area contributed by atoms with Crippen molar-refractivity contribution in [2.75, 3.05) is 5.75 Å². The summed E-state index contributed by atoms with van der Waals surface area (Å²) in [4.78, 5) is 9.65. The van der Waals surface area contributed by atoms with Gasteiger partial charge in [-0.3, -0.25) is 4.79 Å². The van der Waals surface area contributed by atoms with Crippen LogP contribution < -0.4 is 5.73 Å². The lowest BCUT2D eigenvalue weighted by molar-refractivity contribution is -0.115. The average molecular weight is 307 g/mol. The predicted molar refractivity (Wildman–Crippen MR) is 86.7 cm³/mol. The van der Waals surface area contributed by atoms with E-state index in [1.807, 2.05) is 36.4 Å². The number of primary amides is 1. The fraction of sp³-hybridized carbons (Fsp3) is 0.188. The highest BCUT2D eigenvalue weighted by atomic mass is 32.2. The van der Waals surface area contributed by atoms with Gasteiger partial charge in [0.05, 0.1) is 0 Å². The van der Waals surface area contributed by atoms with Crippen LogP contribution in [0.15, 0.2) is 60.7 Å². The van der Waals surface area contributed by atoms with Gasteiger partial charge in [-0.05, 0) is 13.8 Å². The van der Waals surface area contributed by atoms with E-state index in [-0.39, 0.29) is 0 Å². The monoisotopic (exact) mass is 307 g/mol. The van der Waals surface area contributed by atoms with E-state index in [1.165, 1.54) is 11.1 Å². The van der Waals surface area contributed by atoms with Crippen LogP contribution in [0.25, 0.3) is 0 Å². The third-order valence-corrected chi connectivity index (χ3v) is 2.74. The molecular formula is C16H21NO3S. The molecule has 0 radical (unpaired) electrons. The van der Waals surface area contributed by atoms with Gasteiger partial charge < -0.3 is 5.73 Å². The van der Waals surface area contributed by atoms with Crippen molar-refractivity contribution < 1.29 is 13.2 Å². The normalized spacial score (nSPS) is 8.90. The Morgan fingerprint density at radius 1 is 0.857 bits per heavy atom. The molecule has 5 heteroatoms. The quantitative estimate of drug-likeness (QED) is 0.834. The minimum absolute atomic E-state index is 0.546. The summed E-state index contributed by atoms with van der Waals surface area (Å²) in [6, 6.07) is 20.5. The van der Waals surface area contributed by atoms with Gasteiger partial charge in [-0.15, -0.1) is 0 Å². The average Bonchev–Trinajstić information content (AvgIpc) is 2.40. The van der Waals surface area contributed by atoms with Gasteiger partial charge in [-0.2, -0.15) is 0 Å². The van der Waals surface area contributed by atoms with Crippen LogP contribution in [0.2, 0.25) is 0 Å². The number of hydrogen-bond acceptors (Lipinski definition) is 3. The zero-order valence-corrected chi connectivity index (χ0v) is 13.1. The van der Waals surface area contributed by atoms with Crippen molar-refractivity contribution >= 4 is 16.6 Å². The Bertz CT molecular complexity index is 535. The van der Waals surface area contributed by atoms with Gasteiger partial charge in [0.15, 0.2) is 0 Å². The maximum atomic E-state index is 9.65. The van der Waals surface area contributed by atoms with E-state index in [0.29, 0.717) is 0 Å². The van der Waals surface area contributed by atoms with Crippen molar-refractivity contribution in [3.05, 3.63) is 71.8 Å². The van der Waals surface area contributed by atoms with Gasteiger partial charge in [0.1, 0.15) is 16.5 Å². The van der Waals surface area contributed by atoms with E-state index in [4.69, 9.17) is 0 Å². The van der Waals surface area contributed by atoms with Crippen molar-refractivity contribution in [3.63, 3.8) is 0 Å². The molecule has 2 aromatic rings. The molecule has 2 rings (SSSR count). The molecule has 0 heterocycles. The number of aryl methyl sites for hydroxylation is 2. The van der Waals surface area contributed by atoms with E-state index in [1.54, 1.807) is 0 Å². The second-order valence-corrected chi connectivity index (χ2v) is 5.25. The van der Waals surface area contributed by atoms with Crippen LogP contribution in [0.3, 0.4) is 0 Å². The zero-order chi connectivity index (χ0) is 16.1. The van der Waals surface area contributed by atoms with Gasteiger partial charge in [0.2, 0.25) is 5.91 Å². The Balaban J connectivity index is 0.000000286. The summed E-state index contributed by atoms with van der Waals surface area (Å²) >= 11 is 0. The first-order valence-corrected chi connectivity index (χ1v) is 7.71. The molecule has 21 heavy (non-hydrogen) atoms. The molecule has 0 atom stereocenters. The summed E-state index contributed by atoms with van der Waals surface area (Å²) in [5, 5.41) is 0. The maximum absolute atomic E-state index is 9.65. The van der Waals surface area contributed by atoms with Gasteiger partial charge in [-0.1, -0.05) is 71.8 Å². The molecule has 0 aliphatic carbocycles. The molecule has 0 saturated carbocycles. The van der Waals surface area contributed by atoms with Gasteiger partial charge in [0.25, 0.3) is 0 Å². The molecule has 0 aromatic heterocycles. The molecule has 0 aliphatic heterocycles. The van der Waals surface area contributed by atoms with Gasteiger partial charge in [0, 0.05) is 0 Å². The van der Waals surface area contributed by atoms with Crippen LogP contribution in [0.5, 0.6) is 0 Å². The molecule has 2 aromatic carbocycles. The summed E-state index contributed by atoms with van der Waals surface area (Å²) in [6.45, 7) is 4.17. The van der Waals surface area contributed by atoms with Crippen molar-refractivity contribution in [1.82, 2.24) is 0 Å². The highest BCUT2D eigenvalue weighted by Crippen LogP contribution is 1.92. The molecule has 4 nitrogen and oxygen atoms in total. The van der Waals surface area contributed by atoms with E-state index in [0.717, 1.165) is 0 Å². The minimum Gasteiger partial charge on any atom is -0.369 e. The highest BCUT2D eigenvalue weighted by Gasteiger charge is 1.91. The summed E-state index contributed by atoms with van der Waals surface area (Å²) in [5.74, 6) is -1.36. The molecule has 2 N–H and O–H groups in total. The second kappa shape index (κ2) is 11.7. The summed E-state index contributed by atoms with van der Waals surface area (Å²) in [7, 11) is -2.61. The van der Waals surface area contributed by atoms with Crippen LogP contribution >= 0.6 is 0 Å². The number of nitrogens with two attached hydrogens (primary N) is 1. The molecule has 1 amide bonds. The van der Waals surface area contributed by atoms with E-state index < -0.39 is 22.4 Å². The van der Waals surface area contributed by atoms with Crippen LogP contribution in [0.1, 0.15) is 11.1 Å². The number of thiol groups is 1. The molecule has 0 bridgehead atoms. The maximum Gasteiger partial charge on any atom is 0.232 e. The van der Waals surface area contributed by atoms with Gasteiger partial charge >= 0.3 is 0 Å². The predicted octanol–water partition coefficient (Wildman–Crippen LogP) is 2.07. The Morgan fingerprint density at radius 3 is 1.29 bits per heavy atom. The lowest BCUT2D eigenvalue weighted by atomic mass is 10.2. The second-order valence-electron chi connectivity index (χ2n) is 4.27. The highest BCUT2D eigenvalue weighted by molar-refractivity contribution is 7.73. The van der Waals surface area contributed by atoms with Crippen molar-refractivity contribution in [3.8, 4) is 0 Å². The molecule has 0 saturated heterocycles. The van der Waals surface area contributed by atoms with Crippen molar-refractivity contribution in [2.24, 2.45) is 5.73 Å². The molecule has 0 fully saturated rings. The summed E-state index contributed by atoms with van der Waals surface area (Å²) in [5.41, 5.74) is 7.11. The number of hydrogen-bond donors (Lipinski definition) is 2. The first-order valence-electron chi connectivity index (χ1n) is 6.35. The Labute approximate surface area is 127 Å². The fourth-order valence-electron chi connectivity index (χ4n) is 1.20. The van der Waals surface area contributed by atoms with E-state index in [9.17, 15) is 13.2 Å². The summed E-state index contributed by atoms with van der Waals surface area (Å²) in [6.07, 6.45) is 0. The third-order valence-electron chi connectivity index (χ3n) is 2.17. The van der Waals surface area contributed by atoms with E-state index >= 15 is 0 Å². The number of rotatable bonds is 2. The van der Waals surface area contributed by atoms with Crippen LogP contribution in [-0.2, 0) is 15.5 Å². The fourth-order valence-corrected chi connectivity index (χ4v) is 1.45. The molecule has 0 spiro atoms. The van der Waals surface area contributed by atoms with Crippen molar-refractivity contribution in [2.45, 2.75) is 13.8 Å². The van der Waals surface area contributed by atoms with Crippen LogP contribution in [0, 0.1) is 13.8 Å². The first kappa shape index (κ1) is 18.9. The zero-order valence-electron chi connectivity index (χ0n) is 12.2. The Morgan fingerprint density at radius 2 is 1.19 bits per heavy atom. The lowest BCUT2D eigenvalue weighted by Crippen LogP contribution is -2.16. The molecule has 0 aliphatic rings. The smallest absolute Gasteiger partial charge is 0.232 e. The van der Waals surface area contributed by atoms with Gasteiger partial charge in [-0.25, -0.2) is 8.42 Å². The van der Waals surface area contributed by atoms with Crippen LogP contribution in [-0.4, -0.2) is 20.1 Å². The number of carbonyl (C=O) groups is 1. The molecule has 114 valence electrons. The van der Waals surface area contributed by atoms with Crippen LogP contribution in [0.4, 0.5) is 0 Å². The Hall–Kier alpha value is -2.14. The van der Waals surface area contributed by atoms with Crippen molar-refractivity contribution in [1.29, 1.82) is 0 Å². The standard InChI is InChI=1S/2C7H8.C2H5NO3S/c2*1-7-5-3-2-4-6-7;3-2(4)1-7(5)6/h2*2-6H,1H3;7H,1H2,(H2,3,4).